The topological polar surface area (TPSA) is 122 Å². The monoisotopic (exact) mass is 424 g/mol. The van der Waals surface area contributed by atoms with Crippen molar-refractivity contribution in [3.63, 3.8) is 0 Å². The van der Waals surface area contributed by atoms with Crippen LogP contribution >= 0.6 is 0 Å². The minimum absolute atomic E-state index is 0.0618. The Morgan fingerprint density at radius 1 is 1.27 bits per heavy atom. The number of carbonyl (C=O) groups excluding carboxylic acids is 4. The maximum absolute atomic E-state index is 12.0. The first-order valence-corrected chi connectivity index (χ1v) is 10.6. The quantitative estimate of drug-likeness (QED) is 0.308. The van der Waals surface area contributed by atoms with Crippen molar-refractivity contribution in [3.05, 3.63) is 12.2 Å². The number of hydrogen-bond acceptors (Lipinski definition) is 7. The van der Waals surface area contributed by atoms with Gasteiger partial charge in [0.2, 0.25) is 5.91 Å². The van der Waals surface area contributed by atoms with E-state index < -0.39 is 0 Å². The summed E-state index contributed by atoms with van der Waals surface area (Å²) in [5.74, 6) is -0.546. The highest BCUT2D eigenvalue weighted by molar-refractivity contribution is 6.12. The summed E-state index contributed by atoms with van der Waals surface area (Å²) < 4.78 is 11.2. The number of aliphatic hydroxyl groups excluding tert-OH is 1. The van der Waals surface area contributed by atoms with Gasteiger partial charge in [-0.25, -0.2) is 0 Å². The average molecular weight is 424 g/mol. The van der Waals surface area contributed by atoms with Crippen LogP contribution in [-0.2, 0) is 28.7 Å². The molecule has 1 aliphatic heterocycles. The van der Waals surface area contributed by atoms with Crippen LogP contribution in [0.4, 0.5) is 0 Å². The molecule has 168 valence electrons. The highest BCUT2D eigenvalue weighted by atomic mass is 16.6. The first kappa shape index (κ1) is 24.0. The summed E-state index contributed by atoms with van der Waals surface area (Å²) in [6, 6.07) is 0. The SMILES string of the molecule is CCC(CO)OC(COC(=O)CCCC(=O)NCCN1C(=O)C=CC1=O)C1CC1C. The van der Waals surface area contributed by atoms with Crippen molar-refractivity contribution in [1.29, 1.82) is 0 Å². The van der Waals surface area contributed by atoms with Crippen molar-refractivity contribution < 1.29 is 33.8 Å². The Morgan fingerprint density at radius 2 is 1.93 bits per heavy atom. The zero-order valence-electron chi connectivity index (χ0n) is 17.7. The van der Waals surface area contributed by atoms with E-state index >= 15 is 0 Å². The molecule has 4 atom stereocenters. The predicted octanol–water partition coefficient (Wildman–Crippen LogP) is 0.553. The first-order chi connectivity index (χ1) is 14.3. The van der Waals surface area contributed by atoms with Crippen molar-refractivity contribution in [2.75, 3.05) is 26.3 Å². The Morgan fingerprint density at radius 3 is 2.50 bits per heavy atom. The molecule has 2 rings (SSSR count). The molecule has 0 bridgehead atoms. The first-order valence-electron chi connectivity index (χ1n) is 10.6. The van der Waals surface area contributed by atoms with Crippen molar-refractivity contribution in [3.8, 4) is 0 Å². The Labute approximate surface area is 176 Å². The Hall–Kier alpha value is -2.26. The van der Waals surface area contributed by atoms with Gasteiger partial charge in [0.1, 0.15) is 6.61 Å². The number of rotatable bonds is 14. The molecule has 2 N–H and O–H groups in total. The molecule has 0 aromatic rings. The second-order valence-electron chi connectivity index (χ2n) is 7.81. The van der Waals surface area contributed by atoms with E-state index in [1.165, 1.54) is 12.2 Å². The molecule has 0 saturated heterocycles. The number of nitrogens with zero attached hydrogens (tertiary/aromatic N) is 1. The zero-order valence-corrected chi connectivity index (χ0v) is 17.7. The number of carbonyl (C=O) groups is 4. The summed E-state index contributed by atoms with van der Waals surface area (Å²) in [4.78, 5) is 47.7. The molecule has 1 fully saturated rings. The number of nitrogens with one attached hydrogen (secondary N) is 1. The van der Waals surface area contributed by atoms with E-state index in [1.807, 2.05) is 6.92 Å². The van der Waals surface area contributed by atoms with E-state index in [0.29, 0.717) is 24.7 Å². The minimum Gasteiger partial charge on any atom is -0.463 e. The number of hydrogen-bond donors (Lipinski definition) is 2. The van der Waals surface area contributed by atoms with Gasteiger partial charge in [-0.05, 0) is 31.1 Å². The zero-order chi connectivity index (χ0) is 22.1. The third-order valence-corrected chi connectivity index (χ3v) is 5.43. The Balaban J connectivity index is 1.58. The lowest BCUT2D eigenvalue weighted by Gasteiger charge is -2.23. The maximum Gasteiger partial charge on any atom is 0.305 e. The molecule has 9 heteroatoms. The molecule has 4 unspecified atom stereocenters. The van der Waals surface area contributed by atoms with Crippen molar-refractivity contribution in [2.24, 2.45) is 11.8 Å². The summed E-state index contributed by atoms with van der Waals surface area (Å²) in [7, 11) is 0. The summed E-state index contributed by atoms with van der Waals surface area (Å²) in [5, 5.41) is 12.0. The van der Waals surface area contributed by atoms with Crippen LogP contribution in [0.25, 0.3) is 0 Å². The van der Waals surface area contributed by atoms with Crippen LogP contribution in [-0.4, -0.2) is 72.2 Å². The summed E-state index contributed by atoms with van der Waals surface area (Å²) >= 11 is 0. The van der Waals surface area contributed by atoms with Gasteiger partial charge in [-0.2, -0.15) is 0 Å². The van der Waals surface area contributed by atoms with Crippen LogP contribution in [0.1, 0.15) is 46.0 Å². The molecule has 0 radical (unpaired) electrons. The van der Waals surface area contributed by atoms with Gasteiger partial charge >= 0.3 is 5.97 Å². The fraction of sp³-hybridized carbons (Fsp3) is 0.714. The fourth-order valence-electron chi connectivity index (χ4n) is 3.34. The van der Waals surface area contributed by atoms with Gasteiger partial charge in [0, 0.05) is 38.1 Å². The van der Waals surface area contributed by atoms with Gasteiger partial charge < -0.3 is 19.9 Å². The maximum atomic E-state index is 12.0. The lowest BCUT2D eigenvalue weighted by atomic mass is 10.2. The van der Waals surface area contributed by atoms with Gasteiger partial charge in [0.25, 0.3) is 11.8 Å². The van der Waals surface area contributed by atoms with Crippen LogP contribution in [0.15, 0.2) is 12.2 Å². The van der Waals surface area contributed by atoms with E-state index in [-0.39, 0.29) is 75.0 Å². The molecular formula is C21H32N2O7. The second kappa shape index (κ2) is 11.8. The number of ether oxygens (including phenoxy) is 2. The van der Waals surface area contributed by atoms with Gasteiger partial charge in [-0.1, -0.05) is 13.8 Å². The molecular weight excluding hydrogens is 392 g/mol. The lowest BCUT2D eigenvalue weighted by Crippen LogP contribution is -2.38. The van der Waals surface area contributed by atoms with Crippen LogP contribution in [0.5, 0.6) is 0 Å². The Kier molecular flexibility index (Phi) is 9.45. The van der Waals surface area contributed by atoms with Crippen molar-refractivity contribution >= 4 is 23.7 Å². The molecule has 1 heterocycles. The second-order valence-corrected chi connectivity index (χ2v) is 7.81. The van der Waals surface area contributed by atoms with Crippen LogP contribution < -0.4 is 5.32 Å². The fourth-order valence-corrected chi connectivity index (χ4v) is 3.34. The molecule has 0 spiro atoms. The lowest BCUT2D eigenvalue weighted by molar-refractivity contribution is -0.152. The van der Waals surface area contributed by atoms with Crippen LogP contribution in [0.2, 0.25) is 0 Å². The minimum atomic E-state index is -0.388. The molecule has 1 saturated carbocycles. The normalized spacial score (nSPS) is 22.2. The smallest absolute Gasteiger partial charge is 0.305 e. The Bertz CT molecular complexity index is 642. The van der Waals surface area contributed by atoms with Gasteiger partial charge in [-0.3, -0.25) is 24.1 Å². The number of imide groups is 1. The molecule has 0 aromatic carbocycles. The van der Waals surface area contributed by atoms with Crippen LogP contribution in [0, 0.1) is 11.8 Å². The third-order valence-electron chi connectivity index (χ3n) is 5.43. The molecule has 9 nitrogen and oxygen atoms in total. The standard InChI is InChI=1S/C21H32N2O7/c1-3-15(12-24)30-17(16-11-14(16)2)13-29-21(28)6-4-5-18(25)22-9-10-23-19(26)7-8-20(23)27/h7-8,14-17,24H,3-6,9-13H2,1-2H3,(H,22,25). The van der Waals surface area contributed by atoms with Gasteiger partial charge in [-0.15, -0.1) is 0 Å². The third kappa shape index (κ3) is 7.53. The van der Waals surface area contributed by atoms with Crippen molar-refractivity contribution in [2.45, 2.75) is 58.2 Å². The number of aliphatic hydroxyl groups is 1. The average Bonchev–Trinajstić information content (AvgIpc) is 3.37. The number of amides is 3. The summed E-state index contributed by atoms with van der Waals surface area (Å²) in [6.45, 7) is 4.43. The predicted molar refractivity (Wildman–Crippen MR) is 107 cm³/mol. The highest BCUT2D eigenvalue weighted by Gasteiger charge is 2.41. The van der Waals surface area contributed by atoms with Gasteiger partial charge in [0.05, 0.1) is 18.8 Å². The van der Waals surface area contributed by atoms with Crippen molar-refractivity contribution in [1.82, 2.24) is 10.2 Å². The van der Waals surface area contributed by atoms with Gasteiger partial charge in [0.15, 0.2) is 0 Å². The van der Waals surface area contributed by atoms with E-state index in [2.05, 4.69) is 12.2 Å². The summed E-state index contributed by atoms with van der Waals surface area (Å²) in [6.07, 6.45) is 4.24. The molecule has 3 amide bonds. The van der Waals surface area contributed by atoms with E-state index in [0.717, 1.165) is 11.3 Å². The molecule has 0 aromatic heterocycles. The molecule has 2 aliphatic rings. The largest absolute Gasteiger partial charge is 0.463 e. The van der Waals surface area contributed by atoms with E-state index in [1.54, 1.807) is 0 Å². The van der Waals surface area contributed by atoms with E-state index in [4.69, 9.17) is 9.47 Å². The highest BCUT2D eigenvalue weighted by Crippen LogP contribution is 2.42. The number of esters is 1. The van der Waals surface area contributed by atoms with Crippen LogP contribution in [0.3, 0.4) is 0 Å². The molecule has 1 aliphatic carbocycles. The molecule has 30 heavy (non-hydrogen) atoms. The summed E-state index contributed by atoms with van der Waals surface area (Å²) in [5.41, 5.74) is 0. The van der Waals surface area contributed by atoms with E-state index in [9.17, 15) is 24.3 Å².